The zero-order chi connectivity index (χ0) is 16.5. The summed E-state index contributed by atoms with van der Waals surface area (Å²) in [5.41, 5.74) is 9.32. The maximum absolute atomic E-state index is 9.60. The van der Waals surface area contributed by atoms with E-state index in [0.29, 0.717) is 5.82 Å². The van der Waals surface area contributed by atoms with Gasteiger partial charge in [-0.15, -0.1) is 0 Å². The molecule has 0 aliphatic rings. The molecule has 0 spiro atoms. The van der Waals surface area contributed by atoms with Crippen LogP contribution in [0.2, 0.25) is 0 Å². The number of anilines is 1. The smallest absolute Gasteiger partial charge is 0.142 e. The van der Waals surface area contributed by atoms with E-state index in [9.17, 15) is 5.11 Å². The van der Waals surface area contributed by atoms with Crippen molar-refractivity contribution in [2.75, 3.05) is 5.73 Å². The van der Waals surface area contributed by atoms with Crippen LogP contribution in [0.5, 0.6) is 5.75 Å². The first-order valence-corrected chi connectivity index (χ1v) is 7.62. The van der Waals surface area contributed by atoms with Crippen molar-refractivity contribution in [3.05, 3.63) is 72.9 Å². The molecule has 4 aromatic rings. The Morgan fingerprint density at radius 1 is 0.750 bits per heavy atom. The van der Waals surface area contributed by atoms with E-state index < -0.39 is 0 Å². The summed E-state index contributed by atoms with van der Waals surface area (Å²) in [5.74, 6) is 0.649. The van der Waals surface area contributed by atoms with Crippen LogP contribution >= 0.6 is 0 Å². The summed E-state index contributed by atoms with van der Waals surface area (Å²) in [5, 5.41) is 11.6. The van der Waals surface area contributed by atoms with Crippen LogP contribution in [-0.4, -0.2) is 15.1 Å². The maximum atomic E-state index is 9.60. The van der Waals surface area contributed by atoms with Gasteiger partial charge >= 0.3 is 0 Å². The number of fused-ring (bicyclic) bond motifs is 1. The number of phenols is 1. The first kappa shape index (κ1) is 14.2. The van der Waals surface area contributed by atoms with Gasteiger partial charge in [-0.1, -0.05) is 48.5 Å². The van der Waals surface area contributed by atoms with E-state index in [1.165, 1.54) is 0 Å². The van der Waals surface area contributed by atoms with E-state index in [4.69, 9.17) is 5.73 Å². The molecule has 0 atom stereocenters. The van der Waals surface area contributed by atoms with E-state index in [1.807, 2.05) is 54.6 Å². The molecule has 3 N–H and O–H groups in total. The molecule has 0 unspecified atom stereocenters. The molecule has 0 aliphatic carbocycles. The van der Waals surface area contributed by atoms with Gasteiger partial charge in [-0.2, -0.15) is 0 Å². The summed E-state index contributed by atoms with van der Waals surface area (Å²) in [6.07, 6.45) is 1.57. The number of phenolic OH excluding ortho intramolecular Hbond substituents is 1. The van der Waals surface area contributed by atoms with Crippen molar-refractivity contribution in [3.8, 4) is 28.3 Å². The second-order valence-corrected chi connectivity index (χ2v) is 5.60. The fourth-order valence-electron chi connectivity index (χ4n) is 2.79. The second kappa shape index (κ2) is 5.66. The largest absolute Gasteiger partial charge is 0.508 e. The number of aromatic hydroxyl groups is 1. The summed E-state index contributed by atoms with van der Waals surface area (Å²) in [4.78, 5) is 9.00. The maximum Gasteiger partial charge on any atom is 0.142 e. The molecule has 0 saturated heterocycles. The van der Waals surface area contributed by atoms with Gasteiger partial charge in [0, 0.05) is 11.1 Å². The van der Waals surface area contributed by atoms with Gasteiger partial charge in [-0.25, -0.2) is 4.98 Å². The van der Waals surface area contributed by atoms with Crippen LogP contribution in [0.3, 0.4) is 0 Å². The van der Waals surface area contributed by atoms with Crippen molar-refractivity contribution >= 4 is 16.6 Å². The summed E-state index contributed by atoms with van der Waals surface area (Å²) < 4.78 is 0. The Kier molecular flexibility index (Phi) is 3.35. The quantitative estimate of drug-likeness (QED) is 0.580. The molecule has 24 heavy (non-hydrogen) atoms. The van der Waals surface area contributed by atoms with E-state index >= 15 is 0 Å². The highest BCUT2D eigenvalue weighted by Crippen LogP contribution is 2.31. The molecule has 3 aromatic carbocycles. The molecule has 4 rings (SSSR count). The highest BCUT2D eigenvalue weighted by molar-refractivity contribution is 5.90. The number of aromatic nitrogens is 2. The van der Waals surface area contributed by atoms with Gasteiger partial charge in [0.2, 0.25) is 0 Å². The summed E-state index contributed by atoms with van der Waals surface area (Å²) in [7, 11) is 0. The third-order valence-corrected chi connectivity index (χ3v) is 3.94. The summed E-state index contributed by atoms with van der Waals surface area (Å²) >= 11 is 0. The van der Waals surface area contributed by atoms with Crippen molar-refractivity contribution in [3.63, 3.8) is 0 Å². The molecule has 0 bridgehead atoms. The molecule has 1 aromatic heterocycles. The Bertz CT molecular complexity index is 1030. The third kappa shape index (κ3) is 2.54. The predicted molar refractivity (Wildman–Crippen MR) is 96.5 cm³/mol. The molecular weight excluding hydrogens is 298 g/mol. The number of hydrogen-bond donors (Lipinski definition) is 2. The molecule has 116 valence electrons. The van der Waals surface area contributed by atoms with Gasteiger partial charge in [0.05, 0.1) is 17.6 Å². The minimum Gasteiger partial charge on any atom is -0.508 e. The molecule has 1 heterocycles. The normalized spacial score (nSPS) is 10.8. The fraction of sp³-hybridized carbons (Fsp3) is 0. The molecule has 0 fully saturated rings. The van der Waals surface area contributed by atoms with Crippen molar-refractivity contribution in [1.82, 2.24) is 9.97 Å². The van der Waals surface area contributed by atoms with E-state index in [1.54, 1.807) is 18.3 Å². The van der Waals surface area contributed by atoms with Crippen molar-refractivity contribution in [2.24, 2.45) is 0 Å². The zero-order valence-electron chi connectivity index (χ0n) is 12.8. The molecule has 0 aliphatic heterocycles. The lowest BCUT2D eigenvalue weighted by atomic mass is 10.0. The topological polar surface area (TPSA) is 72.0 Å². The Labute approximate surface area is 139 Å². The summed E-state index contributed by atoms with van der Waals surface area (Å²) in [6, 6.07) is 21.2. The first-order chi connectivity index (χ1) is 11.7. The molecule has 4 nitrogen and oxygen atoms in total. The van der Waals surface area contributed by atoms with Gasteiger partial charge in [-0.05, 0) is 29.0 Å². The van der Waals surface area contributed by atoms with Crippen molar-refractivity contribution in [2.45, 2.75) is 0 Å². The van der Waals surface area contributed by atoms with Crippen LogP contribution in [0.4, 0.5) is 5.82 Å². The number of hydrogen-bond acceptors (Lipinski definition) is 4. The number of rotatable bonds is 2. The standard InChI is InChI=1S/C20H15N3O/c21-18-12-22-19(20(23-18)13-4-2-1-3-5-13)16-7-6-15-11-17(24)9-8-14(15)10-16/h1-12,24H,(H2,21,23). The van der Waals surface area contributed by atoms with Gasteiger partial charge in [0.15, 0.2) is 0 Å². The molecule has 0 saturated carbocycles. The SMILES string of the molecule is Nc1cnc(-c2ccc3cc(O)ccc3c2)c(-c2ccccc2)n1. The molecular formula is C20H15N3O. The van der Waals surface area contributed by atoms with Crippen LogP contribution in [-0.2, 0) is 0 Å². The second-order valence-electron chi connectivity index (χ2n) is 5.60. The Hall–Kier alpha value is -3.40. The van der Waals surface area contributed by atoms with Crippen LogP contribution < -0.4 is 5.73 Å². The lowest BCUT2D eigenvalue weighted by molar-refractivity contribution is 0.476. The Morgan fingerprint density at radius 2 is 1.50 bits per heavy atom. The third-order valence-electron chi connectivity index (χ3n) is 3.94. The van der Waals surface area contributed by atoms with Gasteiger partial charge in [0.25, 0.3) is 0 Å². The van der Waals surface area contributed by atoms with Crippen LogP contribution in [0.15, 0.2) is 72.9 Å². The summed E-state index contributed by atoms with van der Waals surface area (Å²) in [6.45, 7) is 0. The minimum atomic E-state index is 0.257. The Balaban J connectivity index is 1.92. The van der Waals surface area contributed by atoms with Crippen LogP contribution in [0.25, 0.3) is 33.3 Å². The number of benzene rings is 3. The Morgan fingerprint density at radius 3 is 2.33 bits per heavy atom. The monoisotopic (exact) mass is 313 g/mol. The van der Waals surface area contributed by atoms with Gasteiger partial charge in [0.1, 0.15) is 11.6 Å². The molecule has 4 heteroatoms. The number of nitrogen functional groups attached to an aromatic ring is 1. The van der Waals surface area contributed by atoms with Crippen molar-refractivity contribution in [1.29, 1.82) is 0 Å². The average molecular weight is 313 g/mol. The first-order valence-electron chi connectivity index (χ1n) is 7.62. The highest BCUT2D eigenvalue weighted by atomic mass is 16.3. The average Bonchev–Trinajstić information content (AvgIpc) is 2.62. The number of nitrogens with two attached hydrogens (primary N) is 1. The van der Waals surface area contributed by atoms with Crippen LogP contribution in [0.1, 0.15) is 0 Å². The predicted octanol–water partition coefficient (Wildman–Crippen LogP) is 4.25. The van der Waals surface area contributed by atoms with Gasteiger partial charge in [-0.3, -0.25) is 4.98 Å². The zero-order valence-corrected chi connectivity index (χ0v) is 12.8. The lowest BCUT2D eigenvalue weighted by Crippen LogP contribution is -1.98. The van der Waals surface area contributed by atoms with E-state index in [0.717, 1.165) is 33.3 Å². The lowest BCUT2D eigenvalue weighted by Gasteiger charge is -2.10. The van der Waals surface area contributed by atoms with Crippen molar-refractivity contribution < 1.29 is 5.11 Å². The minimum absolute atomic E-state index is 0.257. The van der Waals surface area contributed by atoms with E-state index in [-0.39, 0.29) is 5.75 Å². The fourth-order valence-corrected chi connectivity index (χ4v) is 2.79. The number of nitrogens with zero attached hydrogens (tertiary/aromatic N) is 2. The van der Waals surface area contributed by atoms with Gasteiger partial charge < -0.3 is 10.8 Å². The molecule has 0 radical (unpaired) electrons. The van der Waals surface area contributed by atoms with Crippen LogP contribution in [0, 0.1) is 0 Å². The highest BCUT2D eigenvalue weighted by Gasteiger charge is 2.12. The van der Waals surface area contributed by atoms with E-state index in [2.05, 4.69) is 9.97 Å². The molecule has 0 amide bonds.